The van der Waals surface area contributed by atoms with Gasteiger partial charge in [0, 0.05) is 19.4 Å². The topological polar surface area (TPSA) is 102 Å². The van der Waals surface area contributed by atoms with E-state index >= 15 is 0 Å². The second-order valence-corrected chi connectivity index (χ2v) is 8.84. The SMILES string of the molecule is COC(=O)N1CCCC1COc1ccc(Oc2ccc(CC(=O)Cc3ccccc3C(=O)O)cc2)cc1. The maximum absolute atomic E-state index is 12.5. The smallest absolute Gasteiger partial charge is 0.409 e. The predicted molar refractivity (Wildman–Crippen MR) is 136 cm³/mol. The van der Waals surface area contributed by atoms with Crippen LogP contribution in [0.3, 0.4) is 0 Å². The zero-order valence-electron chi connectivity index (χ0n) is 20.6. The predicted octanol–water partition coefficient (Wildman–Crippen LogP) is 5.14. The van der Waals surface area contributed by atoms with Gasteiger partial charge < -0.3 is 24.2 Å². The lowest BCUT2D eigenvalue weighted by molar-refractivity contribution is -0.117. The highest BCUT2D eigenvalue weighted by Gasteiger charge is 2.29. The van der Waals surface area contributed by atoms with E-state index in [1.165, 1.54) is 13.2 Å². The number of carboxylic acids is 1. The van der Waals surface area contributed by atoms with Gasteiger partial charge in [0.1, 0.15) is 29.6 Å². The highest BCUT2D eigenvalue weighted by Crippen LogP contribution is 2.26. The first-order valence-electron chi connectivity index (χ1n) is 12.1. The lowest BCUT2D eigenvalue weighted by atomic mass is 9.99. The highest BCUT2D eigenvalue weighted by atomic mass is 16.5. The number of aromatic carboxylic acids is 1. The van der Waals surface area contributed by atoms with E-state index in [1.54, 1.807) is 47.4 Å². The maximum atomic E-state index is 12.5. The lowest BCUT2D eigenvalue weighted by Gasteiger charge is -2.23. The van der Waals surface area contributed by atoms with E-state index in [-0.39, 0.29) is 36.3 Å². The van der Waals surface area contributed by atoms with Gasteiger partial charge in [0.25, 0.3) is 0 Å². The first kappa shape index (κ1) is 25.8. The summed E-state index contributed by atoms with van der Waals surface area (Å²) in [6.07, 6.45) is 1.76. The number of nitrogens with zero attached hydrogens (tertiary/aromatic N) is 1. The van der Waals surface area contributed by atoms with E-state index in [0.717, 1.165) is 18.4 Å². The van der Waals surface area contributed by atoms with Crippen molar-refractivity contribution in [3.63, 3.8) is 0 Å². The highest BCUT2D eigenvalue weighted by molar-refractivity contribution is 5.92. The number of hydrogen-bond acceptors (Lipinski definition) is 6. The van der Waals surface area contributed by atoms with Crippen molar-refractivity contribution in [3.05, 3.63) is 89.5 Å². The molecule has 192 valence electrons. The van der Waals surface area contributed by atoms with E-state index in [9.17, 15) is 19.5 Å². The van der Waals surface area contributed by atoms with E-state index in [2.05, 4.69) is 0 Å². The van der Waals surface area contributed by atoms with Crippen molar-refractivity contribution in [2.75, 3.05) is 20.3 Å². The summed E-state index contributed by atoms with van der Waals surface area (Å²) >= 11 is 0. The van der Waals surface area contributed by atoms with Crippen LogP contribution < -0.4 is 9.47 Å². The third-order valence-corrected chi connectivity index (χ3v) is 6.25. The van der Waals surface area contributed by atoms with Crippen molar-refractivity contribution < 1.29 is 33.7 Å². The Morgan fingerprint density at radius 3 is 2.22 bits per heavy atom. The molecule has 0 aromatic heterocycles. The van der Waals surface area contributed by atoms with Gasteiger partial charge in [-0.3, -0.25) is 4.79 Å². The number of ether oxygens (including phenoxy) is 3. The fourth-order valence-electron chi connectivity index (χ4n) is 4.36. The van der Waals surface area contributed by atoms with Crippen LogP contribution in [0.25, 0.3) is 0 Å². The first-order chi connectivity index (χ1) is 17.9. The Kier molecular flexibility index (Phi) is 8.40. The van der Waals surface area contributed by atoms with Gasteiger partial charge in [-0.2, -0.15) is 0 Å². The molecule has 1 aliphatic heterocycles. The third kappa shape index (κ3) is 6.88. The molecule has 1 N–H and O–H groups in total. The number of amides is 1. The monoisotopic (exact) mass is 503 g/mol. The molecule has 1 saturated heterocycles. The number of rotatable bonds is 10. The number of likely N-dealkylation sites (tertiary alicyclic amines) is 1. The molecule has 0 aliphatic carbocycles. The van der Waals surface area contributed by atoms with Crippen molar-refractivity contribution in [2.24, 2.45) is 0 Å². The van der Waals surface area contributed by atoms with Gasteiger partial charge in [-0.25, -0.2) is 9.59 Å². The van der Waals surface area contributed by atoms with Gasteiger partial charge in [-0.15, -0.1) is 0 Å². The summed E-state index contributed by atoms with van der Waals surface area (Å²) in [5, 5.41) is 9.29. The molecule has 8 heteroatoms. The minimum Gasteiger partial charge on any atom is -0.491 e. The summed E-state index contributed by atoms with van der Waals surface area (Å²) in [5.74, 6) is 0.843. The normalized spacial score (nSPS) is 14.7. The van der Waals surface area contributed by atoms with Gasteiger partial charge in [0.15, 0.2) is 0 Å². The van der Waals surface area contributed by atoms with Crippen LogP contribution in [0.2, 0.25) is 0 Å². The molecule has 8 nitrogen and oxygen atoms in total. The Labute approximate surface area is 215 Å². The molecular formula is C29H29NO7. The molecule has 1 fully saturated rings. The fourth-order valence-corrected chi connectivity index (χ4v) is 4.36. The molecule has 4 rings (SSSR count). The molecule has 1 aliphatic rings. The van der Waals surface area contributed by atoms with E-state index < -0.39 is 5.97 Å². The maximum Gasteiger partial charge on any atom is 0.409 e. The van der Waals surface area contributed by atoms with Crippen LogP contribution in [-0.4, -0.2) is 54.2 Å². The van der Waals surface area contributed by atoms with Crippen LogP contribution in [0, 0.1) is 0 Å². The second kappa shape index (κ2) is 12.1. The molecule has 0 saturated carbocycles. The number of methoxy groups -OCH3 is 1. The average Bonchev–Trinajstić information content (AvgIpc) is 3.38. The Morgan fingerprint density at radius 2 is 1.54 bits per heavy atom. The third-order valence-electron chi connectivity index (χ3n) is 6.25. The molecular weight excluding hydrogens is 474 g/mol. The standard InChI is InChI=1S/C29H29NO7/c1-35-29(34)30-16-4-6-22(30)19-36-24-12-14-26(15-13-24)37-25-10-8-20(9-11-25)17-23(31)18-21-5-2-3-7-27(21)28(32)33/h2-3,5,7-15,22H,4,6,16-19H2,1H3,(H,32,33). The van der Waals surface area contributed by atoms with Crippen LogP contribution in [-0.2, 0) is 22.4 Å². The molecule has 37 heavy (non-hydrogen) atoms. The van der Waals surface area contributed by atoms with Crippen LogP contribution in [0.4, 0.5) is 4.79 Å². The Morgan fingerprint density at radius 1 is 0.892 bits per heavy atom. The van der Waals surface area contributed by atoms with Crippen molar-refractivity contribution in [1.29, 1.82) is 0 Å². The zero-order valence-corrected chi connectivity index (χ0v) is 20.6. The fraction of sp³-hybridized carbons (Fsp3) is 0.276. The summed E-state index contributed by atoms with van der Waals surface area (Å²) in [4.78, 5) is 37.4. The summed E-state index contributed by atoms with van der Waals surface area (Å²) in [6.45, 7) is 1.08. The Hall–Kier alpha value is -4.33. The molecule has 0 radical (unpaired) electrons. The summed E-state index contributed by atoms with van der Waals surface area (Å²) in [7, 11) is 1.38. The summed E-state index contributed by atoms with van der Waals surface area (Å²) < 4.78 is 16.6. The van der Waals surface area contributed by atoms with Crippen molar-refractivity contribution in [3.8, 4) is 17.2 Å². The van der Waals surface area contributed by atoms with E-state index in [4.69, 9.17) is 14.2 Å². The average molecular weight is 504 g/mol. The number of ketones is 1. The van der Waals surface area contributed by atoms with E-state index in [0.29, 0.717) is 36.0 Å². The molecule has 1 amide bonds. The minimum absolute atomic E-state index is 0.000635. The summed E-state index contributed by atoms with van der Waals surface area (Å²) in [5.41, 5.74) is 1.48. The number of benzene rings is 3. The minimum atomic E-state index is -1.04. The van der Waals surface area contributed by atoms with Gasteiger partial charge >= 0.3 is 12.1 Å². The number of hydrogen-bond donors (Lipinski definition) is 1. The molecule has 0 bridgehead atoms. The van der Waals surface area contributed by atoms with E-state index in [1.807, 2.05) is 24.3 Å². The van der Waals surface area contributed by atoms with Crippen molar-refractivity contribution in [2.45, 2.75) is 31.7 Å². The first-order valence-corrected chi connectivity index (χ1v) is 12.1. The number of carbonyl (C=O) groups excluding carboxylic acids is 2. The van der Waals surface area contributed by atoms with Gasteiger partial charge in [-0.1, -0.05) is 30.3 Å². The Balaban J connectivity index is 1.27. The molecule has 1 atom stereocenters. The van der Waals surface area contributed by atoms with Crippen LogP contribution in [0.5, 0.6) is 17.2 Å². The number of Topliss-reactive ketones (excluding diaryl/α,β-unsaturated/α-hetero) is 1. The van der Waals surface area contributed by atoms with Crippen molar-refractivity contribution >= 4 is 17.8 Å². The molecule has 0 spiro atoms. The van der Waals surface area contributed by atoms with Gasteiger partial charge in [0.05, 0.1) is 18.7 Å². The number of carboxylic acid groups (broad SMARTS) is 1. The molecule has 3 aromatic carbocycles. The van der Waals surface area contributed by atoms with Crippen LogP contribution in [0.15, 0.2) is 72.8 Å². The summed E-state index contributed by atoms with van der Waals surface area (Å²) in [6, 6.07) is 21.0. The lowest BCUT2D eigenvalue weighted by Crippen LogP contribution is -2.38. The second-order valence-electron chi connectivity index (χ2n) is 8.84. The molecule has 1 unspecified atom stereocenters. The van der Waals surface area contributed by atoms with Crippen molar-refractivity contribution in [1.82, 2.24) is 4.90 Å². The molecule has 1 heterocycles. The van der Waals surface area contributed by atoms with Crippen LogP contribution in [0.1, 0.15) is 34.3 Å². The number of carbonyl (C=O) groups is 3. The largest absolute Gasteiger partial charge is 0.491 e. The quantitative estimate of drug-likeness (QED) is 0.409. The van der Waals surface area contributed by atoms with Gasteiger partial charge in [-0.05, 0) is 66.4 Å². The molecule has 3 aromatic rings. The van der Waals surface area contributed by atoms with Crippen LogP contribution >= 0.6 is 0 Å². The Bertz CT molecular complexity index is 1240. The zero-order chi connectivity index (χ0) is 26.2. The van der Waals surface area contributed by atoms with Gasteiger partial charge in [0.2, 0.25) is 0 Å².